The Morgan fingerprint density at radius 3 is 0.947 bits per heavy atom. The van der Waals surface area contributed by atoms with Crippen molar-refractivity contribution in [2.24, 2.45) is 0 Å². The topological polar surface area (TPSA) is 66.2 Å². The summed E-state index contributed by atoms with van der Waals surface area (Å²) in [5.74, 6) is 0.613. The van der Waals surface area contributed by atoms with Gasteiger partial charge in [-0.2, -0.15) is 0 Å². The maximum atomic E-state index is 11.8. The van der Waals surface area contributed by atoms with Crippen molar-refractivity contribution >= 4 is 0 Å². The van der Waals surface area contributed by atoms with Crippen LogP contribution in [0.4, 0.5) is 0 Å². The molecular formula is C52H62HfN2O2-2. The van der Waals surface area contributed by atoms with E-state index < -0.39 is 0 Å². The third-order valence-electron chi connectivity index (χ3n) is 10.3. The van der Waals surface area contributed by atoms with Gasteiger partial charge in [-0.05, 0) is 80.3 Å². The van der Waals surface area contributed by atoms with Gasteiger partial charge in [0.15, 0.2) is 0 Å². The molecule has 0 aliphatic carbocycles. The molecule has 2 aromatic heterocycles. The Hall–Kier alpha value is -4.35. The molecule has 0 saturated heterocycles. The van der Waals surface area contributed by atoms with E-state index in [4.69, 9.17) is 9.97 Å². The number of nitrogens with zero attached hydrogens (tertiary/aromatic N) is 2. The molecule has 0 spiro atoms. The molecular weight excluding hydrogens is 863 g/mol. The van der Waals surface area contributed by atoms with Gasteiger partial charge in [0, 0.05) is 59.2 Å². The number of benzene rings is 4. The zero-order valence-electron chi connectivity index (χ0n) is 36.7. The van der Waals surface area contributed by atoms with Gasteiger partial charge in [0.25, 0.3) is 0 Å². The maximum absolute atomic E-state index is 11.8. The summed E-state index contributed by atoms with van der Waals surface area (Å²) in [6.45, 7) is 26.1. The van der Waals surface area contributed by atoms with Crippen molar-refractivity contribution in [1.29, 1.82) is 0 Å². The molecule has 298 valence electrons. The fourth-order valence-corrected chi connectivity index (χ4v) is 7.03. The minimum Gasteiger partial charge on any atom is -0.507 e. The zero-order chi connectivity index (χ0) is 39.4. The molecule has 57 heavy (non-hydrogen) atoms. The van der Waals surface area contributed by atoms with E-state index >= 15 is 0 Å². The van der Waals surface area contributed by atoms with Crippen molar-refractivity contribution in [3.8, 4) is 67.7 Å². The van der Waals surface area contributed by atoms with E-state index in [0.29, 0.717) is 11.5 Å². The zero-order valence-corrected chi connectivity index (χ0v) is 40.3. The standard InChI is InChI=1S/C50H56N2O2.2CH3.Hf/c1-47(2,3)31-27-37(45(53)39(29-31)49(7,8)9)33-19-13-15-21-35(33)41-23-17-25-43(51-41)44-26-18-24-42(52-44)36-22-16-14-20-34(36)38-28-32(48(4,5)6)30-40(46(38)54)50(10,11)12;;;/h13-30,53-54H,1-12H3;2*1H3;/q;2*-1;. The Bertz CT molecular complexity index is 2180. The van der Waals surface area contributed by atoms with E-state index in [1.54, 1.807) is 0 Å². The molecule has 5 heteroatoms. The summed E-state index contributed by atoms with van der Waals surface area (Å²) < 4.78 is 0. The van der Waals surface area contributed by atoms with Gasteiger partial charge in [0.2, 0.25) is 0 Å². The minimum absolute atomic E-state index is 0. The summed E-state index contributed by atoms with van der Waals surface area (Å²) in [6.07, 6.45) is 0. The van der Waals surface area contributed by atoms with Crippen LogP contribution in [-0.2, 0) is 47.5 Å². The number of phenolic OH excluding ortho intramolecular Hbond substituents is 2. The molecule has 2 N–H and O–H groups in total. The SMILES string of the molecule is CC(C)(C)c1cc(-c2ccccc2-c2cccc(-c3cccc(-c4ccccc4-c4cc(C(C)(C)C)cc(C(C)(C)C)c4O)n3)n2)c(O)c(C(C)(C)C)c1.[CH3-].[CH3-].[Hf]. The van der Waals surface area contributed by atoms with Crippen LogP contribution in [-0.4, -0.2) is 20.2 Å². The molecule has 0 amide bonds. The summed E-state index contributed by atoms with van der Waals surface area (Å²) in [7, 11) is 0. The number of hydrogen-bond donors (Lipinski definition) is 2. The summed E-state index contributed by atoms with van der Waals surface area (Å²) in [5, 5.41) is 23.6. The van der Waals surface area contributed by atoms with Gasteiger partial charge in [-0.15, -0.1) is 0 Å². The number of rotatable bonds is 5. The fraction of sp³-hybridized carbons (Fsp3) is 0.308. The quantitative estimate of drug-likeness (QED) is 0.134. The van der Waals surface area contributed by atoms with E-state index in [1.165, 1.54) is 11.1 Å². The predicted octanol–water partition coefficient (Wildman–Crippen LogP) is 14.3. The van der Waals surface area contributed by atoms with Crippen LogP contribution in [0.2, 0.25) is 0 Å². The largest absolute Gasteiger partial charge is 0.507 e. The van der Waals surface area contributed by atoms with E-state index in [0.717, 1.165) is 67.3 Å². The number of aromatic nitrogens is 2. The van der Waals surface area contributed by atoms with Crippen molar-refractivity contribution < 1.29 is 36.1 Å². The van der Waals surface area contributed by atoms with Crippen molar-refractivity contribution in [2.75, 3.05) is 0 Å². The van der Waals surface area contributed by atoms with Crippen LogP contribution < -0.4 is 0 Å². The number of hydrogen-bond acceptors (Lipinski definition) is 4. The normalized spacial score (nSPS) is 11.9. The van der Waals surface area contributed by atoms with Gasteiger partial charge in [-0.1, -0.05) is 156 Å². The van der Waals surface area contributed by atoms with E-state index in [1.807, 2.05) is 60.7 Å². The molecule has 6 rings (SSSR count). The van der Waals surface area contributed by atoms with Crippen LogP contribution in [0.5, 0.6) is 11.5 Å². The molecule has 6 aromatic rings. The summed E-state index contributed by atoms with van der Waals surface area (Å²) >= 11 is 0. The summed E-state index contributed by atoms with van der Waals surface area (Å²) in [6, 6.07) is 37.0. The fourth-order valence-electron chi connectivity index (χ4n) is 7.03. The minimum atomic E-state index is -0.245. The Balaban J connectivity index is 0.00000290. The monoisotopic (exact) mass is 926 g/mol. The first kappa shape index (κ1) is 47.0. The van der Waals surface area contributed by atoms with Crippen LogP contribution in [0.15, 0.2) is 109 Å². The van der Waals surface area contributed by atoms with Gasteiger partial charge < -0.3 is 25.1 Å². The van der Waals surface area contributed by atoms with Gasteiger partial charge in [0.1, 0.15) is 11.5 Å². The third kappa shape index (κ3) is 9.86. The Labute approximate surface area is 362 Å². The van der Waals surface area contributed by atoms with Gasteiger partial charge in [0.05, 0.1) is 22.8 Å². The van der Waals surface area contributed by atoms with Crippen LogP contribution in [0.3, 0.4) is 0 Å². The molecule has 4 nitrogen and oxygen atoms in total. The smallest absolute Gasteiger partial charge is 0.127 e. The van der Waals surface area contributed by atoms with E-state index in [-0.39, 0.29) is 62.4 Å². The van der Waals surface area contributed by atoms with Crippen molar-refractivity contribution in [2.45, 2.75) is 105 Å². The molecule has 0 aliphatic rings. The first-order chi connectivity index (χ1) is 25.1. The van der Waals surface area contributed by atoms with Crippen LogP contribution in [0.1, 0.15) is 105 Å². The van der Waals surface area contributed by atoms with Crippen LogP contribution >= 0.6 is 0 Å². The molecule has 0 radical (unpaired) electrons. The first-order valence-corrected chi connectivity index (χ1v) is 19.0. The second kappa shape index (κ2) is 17.2. The van der Waals surface area contributed by atoms with Crippen molar-refractivity contribution in [3.63, 3.8) is 0 Å². The molecule has 0 aliphatic heterocycles. The second-order valence-electron chi connectivity index (χ2n) is 18.7. The number of phenols is 2. The molecule has 0 unspecified atom stereocenters. The molecule has 0 fully saturated rings. The van der Waals surface area contributed by atoms with Gasteiger partial charge >= 0.3 is 0 Å². The average Bonchev–Trinajstić information content (AvgIpc) is 3.10. The molecule has 0 atom stereocenters. The predicted molar refractivity (Wildman–Crippen MR) is 240 cm³/mol. The Morgan fingerprint density at radius 1 is 0.351 bits per heavy atom. The van der Waals surface area contributed by atoms with E-state index in [2.05, 4.69) is 132 Å². The summed E-state index contributed by atoms with van der Waals surface area (Å²) in [5.41, 5.74) is 11.9. The van der Waals surface area contributed by atoms with E-state index in [9.17, 15) is 10.2 Å². The molecule has 2 heterocycles. The van der Waals surface area contributed by atoms with Crippen LogP contribution in [0.25, 0.3) is 56.2 Å². The average molecular weight is 926 g/mol. The van der Waals surface area contributed by atoms with Gasteiger partial charge in [-0.3, -0.25) is 0 Å². The Morgan fingerprint density at radius 2 is 0.649 bits per heavy atom. The number of aromatic hydroxyl groups is 2. The molecule has 4 aromatic carbocycles. The van der Waals surface area contributed by atoms with Gasteiger partial charge in [-0.25, -0.2) is 9.97 Å². The maximum Gasteiger partial charge on any atom is 0.127 e. The molecule has 0 saturated carbocycles. The molecule has 0 bridgehead atoms. The van der Waals surface area contributed by atoms with Crippen molar-refractivity contribution in [1.82, 2.24) is 9.97 Å². The number of pyridine rings is 2. The Kier molecular flexibility index (Phi) is 14.2. The second-order valence-corrected chi connectivity index (χ2v) is 18.7. The summed E-state index contributed by atoms with van der Waals surface area (Å²) in [4.78, 5) is 10.4. The van der Waals surface area contributed by atoms with Crippen molar-refractivity contribution in [3.05, 3.63) is 146 Å². The third-order valence-corrected chi connectivity index (χ3v) is 10.3. The first-order valence-electron chi connectivity index (χ1n) is 19.0. The van der Waals surface area contributed by atoms with Crippen LogP contribution in [0, 0.1) is 14.9 Å².